The van der Waals surface area contributed by atoms with Gasteiger partial charge in [-0.05, 0) is 31.5 Å². The fourth-order valence-corrected chi connectivity index (χ4v) is 2.96. The quantitative estimate of drug-likeness (QED) is 0.360. The maximum absolute atomic E-state index is 12.5. The molecule has 2 amide bonds. The van der Waals surface area contributed by atoms with Crippen LogP contribution in [-0.2, 0) is 9.53 Å². The van der Waals surface area contributed by atoms with Gasteiger partial charge >= 0.3 is 12.0 Å². The van der Waals surface area contributed by atoms with Crippen molar-refractivity contribution in [1.82, 2.24) is 10.2 Å². The second-order valence-corrected chi connectivity index (χ2v) is 5.46. The number of esters is 1. The Morgan fingerprint density at radius 3 is 2.48 bits per heavy atom. The van der Waals surface area contributed by atoms with E-state index in [4.69, 9.17) is 16.3 Å². The van der Waals surface area contributed by atoms with Gasteiger partial charge in [0.2, 0.25) is 0 Å². The molecule has 0 unspecified atom stereocenters. The first-order valence-corrected chi connectivity index (χ1v) is 8.26. The molecule has 0 saturated heterocycles. The highest BCUT2D eigenvalue weighted by molar-refractivity contribution is 6.20. The monoisotopic (exact) mass is 367 g/mol. The molecule has 1 heterocycles. The van der Waals surface area contributed by atoms with Crippen LogP contribution in [0.3, 0.4) is 0 Å². The number of amides is 2. The molecule has 0 aliphatic carbocycles. The minimum absolute atomic E-state index is 0.0428. The van der Waals surface area contributed by atoms with Crippen LogP contribution >= 0.6 is 11.6 Å². The van der Waals surface area contributed by atoms with Gasteiger partial charge in [0.15, 0.2) is 0 Å². The number of alkyl halides is 1. The van der Waals surface area contributed by atoms with E-state index in [1.165, 1.54) is 29.2 Å². The number of halogens is 1. The lowest BCUT2D eigenvalue weighted by Gasteiger charge is -2.35. The van der Waals surface area contributed by atoms with Gasteiger partial charge in [0.1, 0.15) is 0 Å². The molecule has 0 bridgehead atoms. The van der Waals surface area contributed by atoms with Gasteiger partial charge in [0.05, 0.1) is 34.7 Å². The van der Waals surface area contributed by atoms with E-state index in [9.17, 15) is 19.7 Å². The Bertz CT molecular complexity index is 717. The Kier molecular flexibility index (Phi) is 5.97. The number of nitrogens with one attached hydrogen (secondary N) is 1. The Balaban J connectivity index is 2.54. The van der Waals surface area contributed by atoms with Crippen LogP contribution < -0.4 is 5.32 Å². The zero-order valence-corrected chi connectivity index (χ0v) is 14.6. The summed E-state index contributed by atoms with van der Waals surface area (Å²) >= 11 is 6.00. The molecule has 0 fully saturated rings. The normalized spacial score (nSPS) is 17.3. The second-order valence-electron chi connectivity index (χ2n) is 5.19. The number of rotatable bonds is 6. The van der Waals surface area contributed by atoms with Gasteiger partial charge in [-0.3, -0.25) is 15.0 Å². The zero-order chi connectivity index (χ0) is 18.6. The molecule has 1 aliphatic rings. The molecular weight excluding hydrogens is 350 g/mol. The molecule has 0 radical (unpaired) electrons. The topological polar surface area (TPSA) is 102 Å². The Morgan fingerprint density at radius 1 is 1.36 bits per heavy atom. The fraction of sp³-hybridized carbons (Fsp3) is 0.375. The zero-order valence-electron chi connectivity index (χ0n) is 13.8. The van der Waals surface area contributed by atoms with Crippen LogP contribution in [0.4, 0.5) is 10.5 Å². The molecule has 9 heteroatoms. The number of carbonyl (C=O) groups excluding carboxylic acids is 2. The number of ether oxygens (including phenoxy) is 1. The molecule has 0 saturated carbocycles. The molecule has 0 spiro atoms. The number of nitro groups is 1. The number of hydrogen-bond donors (Lipinski definition) is 1. The van der Waals surface area contributed by atoms with E-state index < -0.39 is 23.0 Å². The van der Waals surface area contributed by atoms with Crippen molar-refractivity contribution in [3.8, 4) is 0 Å². The van der Waals surface area contributed by atoms with Crippen LogP contribution in [0, 0.1) is 10.1 Å². The molecule has 1 atom stereocenters. The summed E-state index contributed by atoms with van der Waals surface area (Å²) in [6, 6.07) is 4.44. The molecular formula is C16H18ClN3O5. The van der Waals surface area contributed by atoms with Gasteiger partial charge in [-0.15, -0.1) is 11.6 Å². The number of hydrogen-bond acceptors (Lipinski definition) is 5. The number of nitrogens with zero attached hydrogens (tertiary/aromatic N) is 2. The van der Waals surface area contributed by atoms with Crippen molar-refractivity contribution in [2.45, 2.75) is 19.9 Å². The molecule has 0 aromatic heterocycles. The van der Waals surface area contributed by atoms with E-state index in [0.29, 0.717) is 17.8 Å². The number of carbonyl (C=O) groups is 2. The Hall–Kier alpha value is -2.61. The summed E-state index contributed by atoms with van der Waals surface area (Å²) in [7, 11) is 0. The SMILES string of the molecule is CCOC(=O)C1=C(CCl)N(CC)C(=O)N[C@@H]1c1ccc([N+](=O)[O-])cc1. The minimum Gasteiger partial charge on any atom is -0.463 e. The average molecular weight is 368 g/mol. The van der Waals surface area contributed by atoms with Gasteiger partial charge < -0.3 is 10.1 Å². The van der Waals surface area contributed by atoms with Crippen LogP contribution in [0.2, 0.25) is 0 Å². The van der Waals surface area contributed by atoms with Crippen LogP contribution in [0.15, 0.2) is 35.5 Å². The van der Waals surface area contributed by atoms with Crippen molar-refractivity contribution in [3.63, 3.8) is 0 Å². The summed E-state index contributed by atoms with van der Waals surface area (Å²) in [5, 5.41) is 13.5. The third-order valence-electron chi connectivity index (χ3n) is 3.81. The third-order valence-corrected chi connectivity index (χ3v) is 4.07. The van der Waals surface area contributed by atoms with Gasteiger partial charge in [0.25, 0.3) is 5.69 Å². The fourth-order valence-electron chi connectivity index (χ4n) is 2.67. The lowest BCUT2D eigenvalue weighted by Crippen LogP contribution is -2.48. The highest BCUT2D eigenvalue weighted by Gasteiger charge is 2.37. The summed E-state index contributed by atoms with van der Waals surface area (Å²) in [6.07, 6.45) is 0. The molecule has 2 rings (SSSR count). The van der Waals surface area contributed by atoms with Crippen molar-refractivity contribution in [2.24, 2.45) is 0 Å². The van der Waals surface area contributed by atoms with Crippen molar-refractivity contribution in [1.29, 1.82) is 0 Å². The highest BCUT2D eigenvalue weighted by atomic mass is 35.5. The van der Waals surface area contributed by atoms with Crippen molar-refractivity contribution in [2.75, 3.05) is 19.0 Å². The molecule has 1 aromatic rings. The van der Waals surface area contributed by atoms with E-state index in [-0.39, 0.29) is 23.7 Å². The molecule has 1 aromatic carbocycles. The Labute approximate surface area is 149 Å². The van der Waals surface area contributed by atoms with Gasteiger partial charge in [-0.2, -0.15) is 0 Å². The average Bonchev–Trinajstić information content (AvgIpc) is 2.60. The Morgan fingerprint density at radius 2 is 2.00 bits per heavy atom. The molecule has 1 N–H and O–H groups in total. The number of non-ortho nitro benzene ring substituents is 1. The first kappa shape index (κ1) is 18.7. The van der Waals surface area contributed by atoms with Crippen LogP contribution in [0.1, 0.15) is 25.5 Å². The third kappa shape index (κ3) is 3.74. The molecule has 25 heavy (non-hydrogen) atoms. The largest absolute Gasteiger partial charge is 0.463 e. The predicted molar refractivity (Wildman–Crippen MR) is 91.1 cm³/mol. The van der Waals surface area contributed by atoms with Crippen LogP contribution in [0.25, 0.3) is 0 Å². The summed E-state index contributed by atoms with van der Waals surface area (Å²) < 4.78 is 5.11. The van der Waals surface area contributed by atoms with E-state index >= 15 is 0 Å². The van der Waals surface area contributed by atoms with E-state index in [1.807, 2.05) is 0 Å². The molecule has 8 nitrogen and oxygen atoms in total. The van der Waals surface area contributed by atoms with Gasteiger partial charge in [-0.1, -0.05) is 0 Å². The lowest BCUT2D eigenvalue weighted by molar-refractivity contribution is -0.384. The maximum atomic E-state index is 12.5. The second kappa shape index (κ2) is 7.98. The van der Waals surface area contributed by atoms with Crippen molar-refractivity contribution >= 4 is 29.3 Å². The number of benzene rings is 1. The minimum atomic E-state index is -0.788. The van der Waals surface area contributed by atoms with E-state index in [1.54, 1.807) is 13.8 Å². The van der Waals surface area contributed by atoms with Gasteiger partial charge in [0, 0.05) is 18.7 Å². The number of urea groups is 1. The summed E-state index contributed by atoms with van der Waals surface area (Å²) in [4.78, 5) is 36.5. The summed E-state index contributed by atoms with van der Waals surface area (Å²) in [5.74, 6) is -0.626. The highest BCUT2D eigenvalue weighted by Crippen LogP contribution is 2.32. The maximum Gasteiger partial charge on any atom is 0.338 e. The van der Waals surface area contributed by atoms with Crippen molar-refractivity contribution < 1.29 is 19.2 Å². The lowest BCUT2D eigenvalue weighted by atomic mass is 9.94. The van der Waals surface area contributed by atoms with Crippen molar-refractivity contribution in [3.05, 3.63) is 51.2 Å². The first-order valence-electron chi connectivity index (χ1n) is 7.73. The number of allylic oxidation sites excluding steroid dienone is 1. The van der Waals surface area contributed by atoms with Crippen LogP contribution in [0.5, 0.6) is 0 Å². The van der Waals surface area contributed by atoms with Gasteiger partial charge in [-0.25, -0.2) is 9.59 Å². The summed E-state index contributed by atoms with van der Waals surface area (Å²) in [5.41, 5.74) is 1.04. The predicted octanol–water partition coefficient (Wildman–Crippen LogP) is 2.74. The van der Waals surface area contributed by atoms with E-state index in [0.717, 1.165) is 0 Å². The number of nitro benzene ring substituents is 1. The van der Waals surface area contributed by atoms with E-state index in [2.05, 4.69) is 5.32 Å². The first-order chi connectivity index (χ1) is 11.9. The smallest absolute Gasteiger partial charge is 0.338 e. The molecule has 1 aliphatic heterocycles. The standard InChI is InChI=1S/C16H18ClN3O5/c1-3-19-12(9-17)13(15(21)25-4-2)14(18-16(19)22)10-5-7-11(8-6-10)20(23)24/h5-8,14H,3-4,9H2,1-2H3,(H,18,22)/t14-/m1/s1. The molecule has 134 valence electrons. The van der Waals surface area contributed by atoms with Crippen LogP contribution in [-0.4, -0.2) is 40.9 Å². The summed E-state index contributed by atoms with van der Waals surface area (Å²) in [6.45, 7) is 3.95.